The second kappa shape index (κ2) is 8.92. The van der Waals surface area contributed by atoms with Gasteiger partial charge in [0.05, 0.1) is 7.11 Å². The Kier molecular flexibility index (Phi) is 6.12. The quantitative estimate of drug-likeness (QED) is 0.769. The summed E-state index contributed by atoms with van der Waals surface area (Å²) < 4.78 is 11.2. The summed E-state index contributed by atoms with van der Waals surface area (Å²) in [5.41, 5.74) is 0.706. The van der Waals surface area contributed by atoms with Crippen LogP contribution in [0.25, 0.3) is 0 Å². The lowest BCUT2D eigenvalue weighted by atomic mass is 9.98. The van der Waals surface area contributed by atoms with Crippen molar-refractivity contribution in [2.45, 2.75) is 37.8 Å². The van der Waals surface area contributed by atoms with E-state index in [1.807, 2.05) is 34.5 Å². The molecule has 2 aliphatic heterocycles. The van der Waals surface area contributed by atoms with Gasteiger partial charge in [-0.1, -0.05) is 17.4 Å². The molecule has 2 fully saturated rings. The fourth-order valence-electron chi connectivity index (χ4n) is 4.14. The molecule has 7 heteroatoms. The molecule has 0 spiro atoms. The molecule has 0 aliphatic carbocycles. The Labute approximate surface area is 170 Å². The Morgan fingerprint density at radius 3 is 2.61 bits per heavy atom. The third kappa shape index (κ3) is 4.47. The van der Waals surface area contributed by atoms with Crippen LogP contribution < -0.4 is 9.47 Å². The summed E-state index contributed by atoms with van der Waals surface area (Å²) in [5, 5.41) is 2.73. The summed E-state index contributed by atoms with van der Waals surface area (Å²) in [6, 6.07) is 7.99. The van der Waals surface area contributed by atoms with Gasteiger partial charge in [-0.25, -0.2) is 4.98 Å². The van der Waals surface area contributed by atoms with Crippen molar-refractivity contribution in [1.29, 1.82) is 0 Å². The monoisotopic (exact) mass is 401 g/mol. The van der Waals surface area contributed by atoms with E-state index in [1.54, 1.807) is 24.6 Å². The average molecular weight is 402 g/mol. The van der Waals surface area contributed by atoms with Gasteiger partial charge in [0.2, 0.25) is 0 Å². The van der Waals surface area contributed by atoms with Gasteiger partial charge in [0.1, 0.15) is 11.9 Å². The molecule has 6 nitrogen and oxygen atoms in total. The fraction of sp³-hybridized carbons (Fsp3) is 0.524. The number of amides is 1. The minimum absolute atomic E-state index is 0.105. The first-order chi connectivity index (χ1) is 13.7. The van der Waals surface area contributed by atoms with Gasteiger partial charge in [0.25, 0.3) is 11.1 Å². The predicted molar refractivity (Wildman–Crippen MR) is 109 cm³/mol. The summed E-state index contributed by atoms with van der Waals surface area (Å²) in [6.07, 6.45) is 6.22. The van der Waals surface area contributed by atoms with E-state index < -0.39 is 0 Å². The molecular weight excluding hydrogens is 374 g/mol. The van der Waals surface area contributed by atoms with Gasteiger partial charge >= 0.3 is 0 Å². The molecule has 2 saturated heterocycles. The molecule has 28 heavy (non-hydrogen) atoms. The van der Waals surface area contributed by atoms with E-state index in [0.29, 0.717) is 11.6 Å². The zero-order valence-electron chi connectivity index (χ0n) is 16.3. The maximum Gasteiger partial charge on any atom is 0.273 e. The van der Waals surface area contributed by atoms with Gasteiger partial charge in [0.15, 0.2) is 0 Å². The minimum atomic E-state index is 0.105. The molecule has 0 atom stereocenters. The SMILES string of the molecule is COc1cccc(C(=O)N2CCC(N3CCC(Oc4nccs4)CC3)CC2)c1. The Hall–Kier alpha value is -2.12. The Morgan fingerprint density at radius 2 is 1.93 bits per heavy atom. The number of hydrogen-bond acceptors (Lipinski definition) is 6. The van der Waals surface area contributed by atoms with E-state index in [9.17, 15) is 4.79 Å². The van der Waals surface area contributed by atoms with E-state index in [4.69, 9.17) is 9.47 Å². The first kappa shape index (κ1) is 19.2. The van der Waals surface area contributed by atoms with Crippen molar-refractivity contribution in [3.05, 3.63) is 41.4 Å². The number of likely N-dealkylation sites (tertiary alicyclic amines) is 2. The zero-order chi connectivity index (χ0) is 19.3. The second-order valence-electron chi connectivity index (χ2n) is 7.41. The maximum atomic E-state index is 12.8. The number of piperidine rings is 2. The van der Waals surface area contributed by atoms with Crippen LogP contribution in [-0.4, -0.2) is 66.1 Å². The summed E-state index contributed by atoms with van der Waals surface area (Å²) in [7, 11) is 1.63. The van der Waals surface area contributed by atoms with Crippen LogP contribution in [0.1, 0.15) is 36.0 Å². The molecule has 0 N–H and O–H groups in total. The highest BCUT2D eigenvalue weighted by Crippen LogP contribution is 2.25. The largest absolute Gasteiger partial charge is 0.497 e. The summed E-state index contributed by atoms with van der Waals surface area (Å²) in [6.45, 7) is 3.75. The van der Waals surface area contributed by atoms with Gasteiger partial charge in [-0.05, 0) is 43.9 Å². The third-order valence-corrected chi connectivity index (χ3v) is 6.40. The van der Waals surface area contributed by atoms with Crippen molar-refractivity contribution in [2.75, 3.05) is 33.3 Å². The topological polar surface area (TPSA) is 54.9 Å². The van der Waals surface area contributed by atoms with E-state index >= 15 is 0 Å². The lowest BCUT2D eigenvalue weighted by Gasteiger charge is -2.41. The molecule has 2 aromatic rings. The number of ether oxygens (including phenoxy) is 2. The van der Waals surface area contributed by atoms with Crippen LogP contribution in [0, 0.1) is 0 Å². The molecule has 1 aromatic carbocycles. The van der Waals surface area contributed by atoms with Crippen LogP contribution in [0.5, 0.6) is 10.9 Å². The van der Waals surface area contributed by atoms with E-state index in [1.165, 1.54) is 0 Å². The summed E-state index contributed by atoms with van der Waals surface area (Å²) >= 11 is 1.56. The number of rotatable bonds is 5. The van der Waals surface area contributed by atoms with Crippen molar-refractivity contribution >= 4 is 17.2 Å². The van der Waals surface area contributed by atoms with Crippen LogP contribution in [0.2, 0.25) is 0 Å². The average Bonchev–Trinajstić information content (AvgIpc) is 3.27. The van der Waals surface area contributed by atoms with Crippen LogP contribution in [-0.2, 0) is 0 Å². The van der Waals surface area contributed by atoms with Crippen LogP contribution in [0.3, 0.4) is 0 Å². The highest BCUT2D eigenvalue weighted by molar-refractivity contribution is 7.11. The molecule has 3 heterocycles. The summed E-state index contributed by atoms with van der Waals surface area (Å²) in [5.74, 6) is 0.830. The van der Waals surface area contributed by atoms with Gasteiger partial charge in [-0.15, -0.1) is 0 Å². The highest BCUT2D eigenvalue weighted by Gasteiger charge is 2.30. The van der Waals surface area contributed by atoms with E-state index in [-0.39, 0.29) is 12.0 Å². The molecule has 0 bridgehead atoms. The smallest absolute Gasteiger partial charge is 0.273 e. The van der Waals surface area contributed by atoms with Crippen LogP contribution in [0.4, 0.5) is 0 Å². The van der Waals surface area contributed by atoms with Gasteiger partial charge in [0, 0.05) is 49.4 Å². The van der Waals surface area contributed by atoms with Gasteiger partial charge < -0.3 is 14.4 Å². The van der Waals surface area contributed by atoms with Crippen molar-refractivity contribution < 1.29 is 14.3 Å². The Balaban J connectivity index is 1.25. The Morgan fingerprint density at radius 1 is 1.14 bits per heavy atom. The number of carbonyl (C=O) groups is 1. The van der Waals surface area contributed by atoms with Crippen molar-refractivity contribution in [3.8, 4) is 10.9 Å². The predicted octanol–water partition coefficient (Wildman–Crippen LogP) is 3.30. The second-order valence-corrected chi connectivity index (χ2v) is 8.26. The molecule has 150 valence electrons. The number of aromatic nitrogens is 1. The molecule has 0 saturated carbocycles. The number of nitrogens with zero attached hydrogens (tertiary/aromatic N) is 3. The first-order valence-corrected chi connectivity index (χ1v) is 10.8. The van der Waals surface area contributed by atoms with Crippen molar-refractivity contribution in [3.63, 3.8) is 0 Å². The van der Waals surface area contributed by atoms with Gasteiger partial charge in [-0.3, -0.25) is 9.69 Å². The molecule has 1 aromatic heterocycles. The van der Waals surface area contributed by atoms with Crippen LogP contribution in [0.15, 0.2) is 35.8 Å². The number of thiazole rings is 1. The lowest BCUT2D eigenvalue weighted by Crippen LogP contribution is -2.50. The van der Waals surface area contributed by atoms with Crippen LogP contribution >= 0.6 is 11.3 Å². The molecule has 2 aliphatic rings. The first-order valence-electron chi connectivity index (χ1n) is 9.96. The highest BCUT2D eigenvalue weighted by atomic mass is 32.1. The number of benzene rings is 1. The zero-order valence-corrected chi connectivity index (χ0v) is 17.1. The summed E-state index contributed by atoms with van der Waals surface area (Å²) in [4.78, 5) is 21.6. The minimum Gasteiger partial charge on any atom is -0.497 e. The molecule has 4 rings (SSSR count). The maximum absolute atomic E-state index is 12.8. The molecule has 0 unspecified atom stereocenters. The normalized spacial score (nSPS) is 19.5. The number of carbonyl (C=O) groups excluding carboxylic acids is 1. The van der Waals surface area contributed by atoms with Gasteiger partial charge in [-0.2, -0.15) is 0 Å². The molecule has 0 radical (unpaired) electrons. The number of hydrogen-bond donors (Lipinski definition) is 0. The Bertz CT molecular complexity index is 767. The van der Waals surface area contributed by atoms with Crippen molar-refractivity contribution in [1.82, 2.24) is 14.8 Å². The van der Waals surface area contributed by atoms with Crippen molar-refractivity contribution in [2.24, 2.45) is 0 Å². The standard InChI is InChI=1S/C21H27N3O3S/c1-26-19-4-2-3-16(15-19)20(25)24-10-5-17(6-11-24)23-12-7-18(8-13-23)27-21-22-9-14-28-21/h2-4,9,14-15,17-18H,5-8,10-13H2,1H3. The van der Waals surface area contributed by atoms with E-state index in [0.717, 1.165) is 62.8 Å². The number of methoxy groups -OCH3 is 1. The third-order valence-electron chi connectivity index (χ3n) is 5.74. The molecule has 1 amide bonds. The van der Waals surface area contributed by atoms with E-state index in [2.05, 4.69) is 9.88 Å². The molecular formula is C21H27N3O3S. The fourth-order valence-corrected chi connectivity index (χ4v) is 4.69. The lowest BCUT2D eigenvalue weighted by molar-refractivity contribution is 0.0425.